The van der Waals surface area contributed by atoms with Crippen molar-refractivity contribution < 1.29 is 13.9 Å². The SMILES string of the molecule is COc1ccc(C(CN)CF)c(OC)c1. The number of hydrogen-bond donors (Lipinski definition) is 1. The van der Waals surface area contributed by atoms with Crippen LogP contribution in [0.1, 0.15) is 11.5 Å². The lowest BCUT2D eigenvalue weighted by Gasteiger charge is -2.15. The summed E-state index contributed by atoms with van der Waals surface area (Å²) >= 11 is 0. The molecule has 0 aliphatic carbocycles. The number of alkyl halides is 1. The van der Waals surface area contributed by atoms with Gasteiger partial charge in [0.1, 0.15) is 11.5 Å². The van der Waals surface area contributed by atoms with Crippen molar-refractivity contribution in [2.24, 2.45) is 5.73 Å². The molecule has 0 aliphatic heterocycles. The van der Waals surface area contributed by atoms with Crippen LogP contribution in [0.2, 0.25) is 0 Å². The van der Waals surface area contributed by atoms with Gasteiger partial charge in [-0.05, 0) is 6.07 Å². The van der Waals surface area contributed by atoms with Gasteiger partial charge in [0.2, 0.25) is 0 Å². The molecule has 0 heterocycles. The highest BCUT2D eigenvalue weighted by Gasteiger charge is 2.15. The first-order chi connectivity index (χ1) is 7.26. The smallest absolute Gasteiger partial charge is 0.126 e. The summed E-state index contributed by atoms with van der Waals surface area (Å²) < 4.78 is 22.9. The van der Waals surface area contributed by atoms with E-state index in [0.29, 0.717) is 11.5 Å². The lowest BCUT2D eigenvalue weighted by Crippen LogP contribution is -2.15. The van der Waals surface area contributed by atoms with Gasteiger partial charge in [0.15, 0.2) is 0 Å². The average molecular weight is 213 g/mol. The molecule has 0 saturated carbocycles. The Labute approximate surface area is 89.0 Å². The molecular formula is C11H16FNO2. The van der Waals surface area contributed by atoms with Gasteiger partial charge in [0.05, 0.1) is 20.9 Å². The van der Waals surface area contributed by atoms with Gasteiger partial charge in [0, 0.05) is 24.1 Å². The Hall–Kier alpha value is -1.29. The van der Waals surface area contributed by atoms with Crippen LogP contribution in [0.15, 0.2) is 18.2 Å². The zero-order chi connectivity index (χ0) is 11.3. The van der Waals surface area contributed by atoms with Crippen LogP contribution in [-0.2, 0) is 0 Å². The summed E-state index contributed by atoms with van der Waals surface area (Å²) in [7, 11) is 3.12. The van der Waals surface area contributed by atoms with Crippen molar-refractivity contribution in [3.63, 3.8) is 0 Å². The van der Waals surface area contributed by atoms with Crippen molar-refractivity contribution in [3.05, 3.63) is 23.8 Å². The van der Waals surface area contributed by atoms with Gasteiger partial charge in [-0.2, -0.15) is 0 Å². The molecule has 84 valence electrons. The predicted molar refractivity (Wildman–Crippen MR) is 57.3 cm³/mol. The van der Waals surface area contributed by atoms with E-state index in [2.05, 4.69) is 0 Å². The maximum atomic E-state index is 12.7. The molecule has 15 heavy (non-hydrogen) atoms. The lowest BCUT2D eigenvalue weighted by atomic mass is 9.99. The monoisotopic (exact) mass is 213 g/mol. The van der Waals surface area contributed by atoms with E-state index < -0.39 is 6.67 Å². The summed E-state index contributed by atoms with van der Waals surface area (Å²) in [5, 5.41) is 0. The topological polar surface area (TPSA) is 44.5 Å². The summed E-state index contributed by atoms with van der Waals surface area (Å²) in [4.78, 5) is 0. The van der Waals surface area contributed by atoms with Gasteiger partial charge < -0.3 is 15.2 Å². The number of hydrogen-bond acceptors (Lipinski definition) is 3. The standard InChI is InChI=1S/C11H16FNO2/c1-14-9-3-4-10(8(6-12)7-13)11(5-9)15-2/h3-5,8H,6-7,13H2,1-2H3. The van der Waals surface area contributed by atoms with Crippen LogP contribution in [-0.4, -0.2) is 27.4 Å². The molecule has 1 atom stereocenters. The first-order valence-corrected chi connectivity index (χ1v) is 4.74. The van der Waals surface area contributed by atoms with Gasteiger partial charge in [0.25, 0.3) is 0 Å². The Morgan fingerprint density at radius 1 is 1.33 bits per heavy atom. The summed E-state index contributed by atoms with van der Waals surface area (Å²) in [5.41, 5.74) is 6.26. The molecule has 1 unspecified atom stereocenters. The molecule has 4 heteroatoms. The average Bonchev–Trinajstić information content (AvgIpc) is 2.31. The molecule has 2 N–H and O–H groups in total. The molecule has 1 rings (SSSR count). The summed E-state index contributed by atoms with van der Waals surface area (Å²) in [6.45, 7) is -0.224. The highest BCUT2D eigenvalue weighted by atomic mass is 19.1. The number of halogens is 1. The van der Waals surface area contributed by atoms with E-state index in [1.54, 1.807) is 32.4 Å². The number of ether oxygens (including phenoxy) is 2. The maximum absolute atomic E-state index is 12.7. The summed E-state index contributed by atoms with van der Waals surface area (Å²) in [6.07, 6.45) is 0. The van der Waals surface area contributed by atoms with E-state index in [0.717, 1.165) is 5.56 Å². The van der Waals surface area contributed by atoms with Crippen molar-refractivity contribution >= 4 is 0 Å². The van der Waals surface area contributed by atoms with Crippen molar-refractivity contribution in [2.75, 3.05) is 27.4 Å². The van der Waals surface area contributed by atoms with Crippen molar-refractivity contribution in [3.8, 4) is 11.5 Å². The normalized spacial score (nSPS) is 12.3. The van der Waals surface area contributed by atoms with Crippen molar-refractivity contribution in [1.29, 1.82) is 0 Å². The fourth-order valence-corrected chi connectivity index (χ4v) is 1.43. The molecule has 0 amide bonds. The molecular weight excluding hydrogens is 197 g/mol. The second kappa shape index (κ2) is 5.56. The van der Waals surface area contributed by atoms with Crippen LogP contribution in [0, 0.1) is 0 Å². The summed E-state index contributed by atoms with van der Waals surface area (Å²) in [6, 6.07) is 5.29. The quantitative estimate of drug-likeness (QED) is 0.809. The van der Waals surface area contributed by atoms with Crippen molar-refractivity contribution in [1.82, 2.24) is 0 Å². The van der Waals surface area contributed by atoms with Crippen LogP contribution >= 0.6 is 0 Å². The minimum atomic E-state index is -0.487. The third kappa shape index (κ3) is 2.59. The molecule has 0 saturated heterocycles. The number of benzene rings is 1. The van der Waals surface area contributed by atoms with Crippen LogP contribution < -0.4 is 15.2 Å². The highest BCUT2D eigenvalue weighted by Crippen LogP contribution is 2.30. The Morgan fingerprint density at radius 2 is 2.07 bits per heavy atom. The Bertz CT molecular complexity index is 313. The van der Waals surface area contributed by atoms with Gasteiger partial charge in [-0.3, -0.25) is 4.39 Å². The van der Waals surface area contributed by atoms with E-state index in [-0.39, 0.29) is 12.5 Å². The molecule has 1 aromatic rings. The Balaban J connectivity index is 3.06. The second-order valence-electron chi connectivity index (χ2n) is 3.19. The van der Waals surface area contributed by atoms with Crippen molar-refractivity contribution in [2.45, 2.75) is 5.92 Å². The van der Waals surface area contributed by atoms with Crippen LogP contribution in [0.4, 0.5) is 4.39 Å². The van der Waals surface area contributed by atoms with Gasteiger partial charge in [-0.1, -0.05) is 6.07 Å². The van der Waals surface area contributed by atoms with Gasteiger partial charge in [-0.15, -0.1) is 0 Å². The van der Waals surface area contributed by atoms with E-state index in [9.17, 15) is 4.39 Å². The fraction of sp³-hybridized carbons (Fsp3) is 0.455. The minimum Gasteiger partial charge on any atom is -0.497 e. The molecule has 1 aromatic carbocycles. The van der Waals surface area contributed by atoms with E-state index in [1.807, 2.05) is 0 Å². The molecule has 0 bridgehead atoms. The lowest BCUT2D eigenvalue weighted by molar-refractivity contribution is 0.378. The Kier molecular flexibility index (Phi) is 4.37. The van der Waals surface area contributed by atoms with E-state index in [1.165, 1.54) is 0 Å². The minimum absolute atomic E-state index is 0.263. The molecule has 0 radical (unpaired) electrons. The second-order valence-corrected chi connectivity index (χ2v) is 3.19. The number of methoxy groups -OCH3 is 2. The van der Waals surface area contributed by atoms with Crippen LogP contribution in [0.25, 0.3) is 0 Å². The van der Waals surface area contributed by atoms with Gasteiger partial charge in [-0.25, -0.2) is 0 Å². The zero-order valence-corrected chi connectivity index (χ0v) is 9.00. The largest absolute Gasteiger partial charge is 0.497 e. The summed E-state index contributed by atoms with van der Waals surface area (Å²) in [5.74, 6) is 0.985. The molecule has 0 aromatic heterocycles. The number of nitrogens with two attached hydrogens (primary N) is 1. The number of rotatable bonds is 5. The van der Waals surface area contributed by atoms with Crippen LogP contribution in [0.5, 0.6) is 11.5 Å². The van der Waals surface area contributed by atoms with Gasteiger partial charge >= 0.3 is 0 Å². The molecule has 0 fully saturated rings. The molecule has 0 aliphatic rings. The third-order valence-electron chi connectivity index (χ3n) is 2.35. The Morgan fingerprint density at radius 3 is 2.53 bits per heavy atom. The first-order valence-electron chi connectivity index (χ1n) is 4.74. The fourth-order valence-electron chi connectivity index (χ4n) is 1.43. The first kappa shape index (κ1) is 11.8. The predicted octanol–water partition coefficient (Wildman–Crippen LogP) is 1.72. The maximum Gasteiger partial charge on any atom is 0.126 e. The third-order valence-corrected chi connectivity index (χ3v) is 2.35. The molecule has 0 spiro atoms. The van der Waals surface area contributed by atoms with E-state index in [4.69, 9.17) is 15.2 Å². The zero-order valence-electron chi connectivity index (χ0n) is 9.00. The highest BCUT2D eigenvalue weighted by molar-refractivity contribution is 5.42. The van der Waals surface area contributed by atoms with Crippen LogP contribution in [0.3, 0.4) is 0 Å². The molecule has 3 nitrogen and oxygen atoms in total. The van der Waals surface area contributed by atoms with E-state index >= 15 is 0 Å².